The first kappa shape index (κ1) is 33.2. The molecule has 0 heterocycles. The Kier molecular flexibility index (Phi) is 13.0. The summed E-state index contributed by atoms with van der Waals surface area (Å²) in [6.45, 7) is 7.47. The zero-order chi connectivity index (χ0) is 29.0. The van der Waals surface area contributed by atoms with Crippen LogP contribution in [-0.2, 0) is 33.6 Å². The Morgan fingerprint density at radius 1 is 1.00 bits per heavy atom. The van der Waals surface area contributed by atoms with Crippen LogP contribution in [0.3, 0.4) is 0 Å². The lowest BCUT2D eigenvalue weighted by Crippen LogP contribution is -2.51. The van der Waals surface area contributed by atoms with Gasteiger partial charge in [-0.3, -0.25) is 9.59 Å². The zero-order valence-corrected chi connectivity index (χ0v) is 23.9. The van der Waals surface area contributed by atoms with Gasteiger partial charge in [-0.25, -0.2) is 13.2 Å². The van der Waals surface area contributed by atoms with E-state index in [9.17, 15) is 27.9 Å². The van der Waals surface area contributed by atoms with Crippen LogP contribution >= 0.6 is 0 Å². The van der Waals surface area contributed by atoms with Crippen molar-refractivity contribution in [3.05, 3.63) is 29.8 Å². The van der Waals surface area contributed by atoms with E-state index in [1.807, 2.05) is 24.3 Å². The lowest BCUT2D eigenvalue weighted by Gasteiger charge is -2.35. The third kappa shape index (κ3) is 9.16. The normalized spacial score (nSPS) is 14.6. The molecule has 0 aromatic heterocycles. The quantitative estimate of drug-likeness (QED) is 0.175. The van der Waals surface area contributed by atoms with Gasteiger partial charge in [0.05, 0.1) is 31.4 Å². The van der Waals surface area contributed by atoms with E-state index in [0.717, 1.165) is 6.92 Å². The van der Waals surface area contributed by atoms with Crippen LogP contribution in [0.5, 0.6) is 5.75 Å². The Morgan fingerprint density at radius 2 is 1.63 bits per heavy atom. The zero-order valence-electron chi connectivity index (χ0n) is 23.1. The molecular weight excluding hydrogens is 518 g/mol. The number of aliphatic hydroxyl groups is 1. The summed E-state index contributed by atoms with van der Waals surface area (Å²) >= 11 is 0. The number of methoxy groups -OCH3 is 1. The van der Waals surface area contributed by atoms with Crippen molar-refractivity contribution in [1.29, 1.82) is 0 Å². The highest BCUT2D eigenvalue weighted by molar-refractivity contribution is 7.93. The van der Waals surface area contributed by atoms with Crippen molar-refractivity contribution in [2.45, 2.75) is 58.1 Å². The molecule has 0 aliphatic rings. The highest BCUT2D eigenvalue weighted by Crippen LogP contribution is 2.38. The number of alkyl carbamates (subject to hydrolysis) is 1. The fourth-order valence-electron chi connectivity index (χ4n) is 3.73. The van der Waals surface area contributed by atoms with Gasteiger partial charge >= 0.3 is 18.0 Å². The number of hydrogen-bond acceptors (Lipinski definition) is 10. The number of esters is 2. The molecule has 0 aliphatic carbocycles. The number of ether oxygens (including phenoxy) is 4. The fraction of sp³-hybridized carbons (Fsp3) is 0.654. The van der Waals surface area contributed by atoms with Crippen molar-refractivity contribution in [2.24, 2.45) is 5.41 Å². The van der Waals surface area contributed by atoms with E-state index < -0.39 is 56.8 Å². The molecule has 0 bridgehead atoms. The van der Waals surface area contributed by atoms with Crippen molar-refractivity contribution in [3.8, 4) is 5.75 Å². The van der Waals surface area contributed by atoms with Gasteiger partial charge in [0.2, 0.25) is 0 Å². The molecule has 0 saturated heterocycles. The molecule has 0 fully saturated rings. The Bertz CT molecular complexity index is 1020. The largest absolute Gasteiger partial charge is 0.490 e. The molecule has 1 aromatic rings. The van der Waals surface area contributed by atoms with Crippen LogP contribution in [0.2, 0.25) is 0 Å². The van der Waals surface area contributed by atoms with Crippen LogP contribution in [0.15, 0.2) is 24.3 Å². The van der Waals surface area contributed by atoms with Crippen molar-refractivity contribution in [2.75, 3.05) is 45.8 Å². The molecule has 0 spiro atoms. The van der Waals surface area contributed by atoms with Crippen molar-refractivity contribution in [1.82, 2.24) is 5.32 Å². The molecule has 0 radical (unpaired) electrons. The first-order valence-corrected chi connectivity index (χ1v) is 14.1. The van der Waals surface area contributed by atoms with Gasteiger partial charge in [-0.1, -0.05) is 32.9 Å². The molecule has 0 saturated carbocycles. The van der Waals surface area contributed by atoms with Gasteiger partial charge in [-0.15, -0.1) is 0 Å². The predicted octanol–water partition coefficient (Wildman–Crippen LogP) is 2.60. The van der Waals surface area contributed by atoms with Gasteiger partial charge in [-0.2, -0.15) is 0 Å². The van der Waals surface area contributed by atoms with Gasteiger partial charge in [0.25, 0.3) is 0 Å². The second-order valence-corrected chi connectivity index (χ2v) is 12.2. The van der Waals surface area contributed by atoms with Crippen molar-refractivity contribution < 1.29 is 46.9 Å². The van der Waals surface area contributed by atoms with Gasteiger partial charge in [0.1, 0.15) is 25.6 Å². The second kappa shape index (κ2) is 14.9. The minimum atomic E-state index is -4.21. The molecule has 12 heteroatoms. The van der Waals surface area contributed by atoms with Gasteiger partial charge < -0.3 is 29.4 Å². The fourth-order valence-corrected chi connectivity index (χ4v) is 5.27. The third-order valence-corrected chi connectivity index (χ3v) is 8.80. The maximum Gasteiger partial charge on any atom is 0.407 e. The smallest absolute Gasteiger partial charge is 0.407 e. The van der Waals surface area contributed by atoms with E-state index in [4.69, 9.17) is 18.9 Å². The molecule has 38 heavy (non-hydrogen) atoms. The number of hydrogen-bond donors (Lipinski definition) is 2. The average Bonchev–Trinajstić information content (AvgIpc) is 2.88. The molecule has 11 nitrogen and oxygen atoms in total. The third-order valence-electron chi connectivity index (χ3n) is 6.40. The van der Waals surface area contributed by atoms with E-state index in [0.29, 0.717) is 11.7 Å². The topological polar surface area (TPSA) is 155 Å². The van der Waals surface area contributed by atoms with Gasteiger partial charge in [-0.05, 0) is 50.3 Å². The summed E-state index contributed by atoms with van der Waals surface area (Å²) in [5, 5.41) is 11.6. The number of nitrogens with one attached hydrogen (secondary N) is 1. The molecular formula is C26H41NO10S. The number of amides is 1. The lowest BCUT2D eigenvalue weighted by atomic mass is 9.79. The lowest BCUT2D eigenvalue weighted by molar-refractivity contribution is -0.155. The number of rotatable bonds is 16. The Labute approximate surface area is 225 Å². The number of carbonyl (C=O) groups is 3. The average molecular weight is 560 g/mol. The number of sulfone groups is 1. The van der Waals surface area contributed by atoms with E-state index in [1.54, 1.807) is 6.92 Å². The summed E-state index contributed by atoms with van der Waals surface area (Å²) in [5.74, 6) is -1.39. The minimum absolute atomic E-state index is 0.0157. The molecule has 1 amide bonds. The number of carbonyl (C=O) groups excluding carboxylic acids is 3. The summed E-state index contributed by atoms with van der Waals surface area (Å²) in [5.41, 5.74) is -0.103. The monoisotopic (exact) mass is 559 g/mol. The van der Waals surface area contributed by atoms with Crippen LogP contribution in [0, 0.1) is 5.41 Å². The molecule has 2 atom stereocenters. The Morgan fingerprint density at radius 3 is 2.16 bits per heavy atom. The van der Waals surface area contributed by atoms with Crippen LogP contribution in [0.25, 0.3) is 0 Å². The van der Waals surface area contributed by atoms with Crippen molar-refractivity contribution in [3.63, 3.8) is 0 Å². The molecule has 0 aliphatic heterocycles. The summed E-state index contributed by atoms with van der Waals surface area (Å²) in [7, 11) is -3.04. The van der Waals surface area contributed by atoms with Crippen LogP contribution in [0.1, 0.15) is 58.9 Å². The van der Waals surface area contributed by atoms with Crippen LogP contribution in [-0.4, -0.2) is 82.1 Å². The number of benzene rings is 1. The second-order valence-electron chi connectivity index (χ2n) is 9.63. The molecule has 216 valence electrons. The maximum absolute atomic E-state index is 12.9. The molecule has 2 unspecified atom stereocenters. The summed E-state index contributed by atoms with van der Waals surface area (Å²) in [4.78, 5) is 37.2. The number of aliphatic hydroxyl groups excluding tert-OH is 1. The standard InChI is InChI=1S/C26H41NO10S/c1-7-25(4,22(29)34-6)18-26(5,38(32,33)17-13-28)23(30)36-14-12-27-24(31)37-16-15-35-21-10-8-20(9-11-21)19(2)3/h8-11,19,28H,7,12-18H2,1-6H3,(H,27,31). The Hall–Kier alpha value is -2.86. The molecule has 1 aromatic carbocycles. The van der Waals surface area contributed by atoms with E-state index in [2.05, 4.69) is 19.2 Å². The SMILES string of the molecule is CCC(C)(CC(C)(C(=O)OCCNC(=O)OCCOc1ccc(C(C)C)cc1)S(=O)(=O)CCO)C(=O)OC. The highest BCUT2D eigenvalue weighted by atomic mass is 32.2. The molecule has 2 N–H and O–H groups in total. The van der Waals surface area contributed by atoms with E-state index in [1.165, 1.54) is 19.6 Å². The summed E-state index contributed by atoms with van der Waals surface area (Å²) in [6.07, 6.45) is -0.961. The van der Waals surface area contributed by atoms with E-state index >= 15 is 0 Å². The van der Waals surface area contributed by atoms with E-state index in [-0.39, 0.29) is 32.8 Å². The van der Waals surface area contributed by atoms with Gasteiger partial charge in [0.15, 0.2) is 14.6 Å². The maximum atomic E-state index is 12.9. The first-order chi connectivity index (χ1) is 17.8. The predicted molar refractivity (Wildman–Crippen MR) is 141 cm³/mol. The van der Waals surface area contributed by atoms with Crippen LogP contribution < -0.4 is 10.1 Å². The van der Waals surface area contributed by atoms with Crippen LogP contribution in [0.4, 0.5) is 4.79 Å². The Balaban J connectivity index is 2.60. The molecule has 1 rings (SSSR count). The van der Waals surface area contributed by atoms with Gasteiger partial charge in [0, 0.05) is 0 Å². The summed E-state index contributed by atoms with van der Waals surface area (Å²) in [6, 6.07) is 7.61. The minimum Gasteiger partial charge on any atom is -0.490 e. The van der Waals surface area contributed by atoms with Crippen molar-refractivity contribution >= 4 is 27.9 Å². The first-order valence-electron chi connectivity index (χ1n) is 12.5. The highest BCUT2D eigenvalue weighted by Gasteiger charge is 2.53. The summed E-state index contributed by atoms with van der Waals surface area (Å²) < 4.78 is 44.2.